The van der Waals surface area contributed by atoms with E-state index in [0.717, 1.165) is 44.3 Å². The molecular formula is C26H28N6O2. The number of fused-ring (bicyclic) bond motifs is 2. The largest absolute Gasteiger partial charge is 0.358 e. The van der Waals surface area contributed by atoms with Crippen LogP contribution in [0, 0.1) is 13.8 Å². The van der Waals surface area contributed by atoms with Crippen molar-refractivity contribution in [2.75, 3.05) is 0 Å². The molecule has 0 spiro atoms. The lowest BCUT2D eigenvalue weighted by Crippen LogP contribution is -2.19. The zero-order valence-corrected chi connectivity index (χ0v) is 19.3. The maximum Gasteiger partial charge on any atom is 0.240 e. The summed E-state index contributed by atoms with van der Waals surface area (Å²) in [6.45, 7) is 3.94. The molecular weight excluding hydrogens is 428 g/mol. The Kier molecular flexibility index (Phi) is 7.17. The predicted octanol–water partition coefficient (Wildman–Crippen LogP) is 4.43. The number of carbonyl (C=O) groups excluding carboxylic acids is 2. The van der Waals surface area contributed by atoms with Crippen molar-refractivity contribution < 1.29 is 9.59 Å². The van der Waals surface area contributed by atoms with Gasteiger partial charge in [-0.05, 0) is 38.8 Å². The molecule has 0 radical (unpaired) electrons. The number of aromatic nitrogens is 2. The first-order valence-corrected chi connectivity index (χ1v) is 11.3. The van der Waals surface area contributed by atoms with Crippen molar-refractivity contribution in [2.24, 2.45) is 10.2 Å². The molecule has 174 valence electrons. The second-order valence-electron chi connectivity index (χ2n) is 8.21. The zero-order valence-electron chi connectivity index (χ0n) is 19.3. The van der Waals surface area contributed by atoms with Gasteiger partial charge in [-0.2, -0.15) is 10.2 Å². The van der Waals surface area contributed by atoms with E-state index in [2.05, 4.69) is 31.0 Å². The van der Waals surface area contributed by atoms with Gasteiger partial charge in [-0.15, -0.1) is 0 Å². The molecule has 0 atom stereocenters. The average molecular weight is 457 g/mol. The van der Waals surface area contributed by atoms with Gasteiger partial charge in [-0.25, -0.2) is 10.9 Å². The van der Waals surface area contributed by atoms with Crippen LogP contribution in [0.15, 0.2) is 58.7 Å². The van der Waals surface area contributed by atoms with Crippen molar-refractivity contribution >= 4 is 46.0 Å². The summed E-state index contributed by atoms with van der Waals surface area (Å²) in [7, 11) is 0. The molecule has 34 heavy (non-hydrogen) atoms. The summed E-state index contributed by atoms with van der Waals surface area (Å²) in [4.78, 5) is 30.7. The molecule has 4 rings (SSSR count). The van der Waals surface area contributed by atoms with Crippen molar-refractivity contribution in [3.05, 3.63) is 71.0 Å². The van der Waals surface area contributed by atoms with Gasteiger partial charge in [0.25, 0.3) is 0 Å². The Labute approximate surface area is 197 Å². The van der Waals surface area contributed by atoms with Crippen LogP contribution < -0.4 is 10.9 Å². The number of hydrogen-bond donors (Lipinski definition) is 4. The molecule has 4 aromatic rings. The van der Waals surface area contributed by atoms with E-state index in [-0.39, 0.29) is 11.8 Å². The number of carbonyl (C=O) groups is 2. The van der Waals surface area contributed by atoms with Crippen LogP contribution in [-0.4, -0.2) is 34.2 Å². The first kappa shape index (κ1) is 23.0. The molecule has 0 aliphatic carbocycles. The maximum atomic E-state index is 12.0. The summed E-state index contributed by atoms with van der Waals surface area (Å²) in [6.07, 6.45) is 5.10. The summed E-state index contributed by atoms with van der Waals surface area (Å²) in [5.74, 6) is -0.357. The lowest BCUT2D eigenvalue weighted by atomic mass is 10.1. The van der Waals surface area contributed by atoms with Crippen molar-refractivity contribution in [3.63, 3.8) is 0 Å². The fourth-order valence-corrected chi connectivity index (χ4v) is 3.95. The van der Waals surface area contributed by atoms with Gasteiger partial charge in [0.15, 0.2) is 0 Å². The van der Waals surface area contributed by atoms with Gasteiger partial charge >= 0.3 is 0 Å². The molecule has 2 amide bonds. The van der Waals surface area contributed by atoms with E-state index in [1.807, 2.05) is 62.4 Å². The van der Waals surface area contributed by atoms with E-state index in [1.165, 1.54) is 0 Å². The Morgan fingerprint density at radius 3 is 1.59 bits per heavy atom. The highest BCUT2D eigenvalue weighted by atomic mass is 16.2. The Morgan fingerprint density at radius 2 is 1.15 bits per heavy atom. The summed E-state index contributed by atoms with van der Waals surface area (Å²) in [6, 6.07) is 15.9. The number of amides is 2. The van der Waals surface area contributed by atoms with Crippen molar-refractivity contribution in [1.29, 1.82) is 0 Å². The third-order valence-electron chi connectivity index (χ3n) is 5.71. The van der Waals surface area contributed by atoms with Gasteiger partial charge in [-0.1, -0.05) is 36.4 Å². The van der Waals surface area contributed by atoms with Gasteiger partial charge in [0.05, 0.1) is 12.4 Å². The second-order valence-corrected chi connectivity index (χ2v) is 8.21. The van der Waals surface area contributed by atoms with Crippen LogP contribution in [0.1, 0.15) is 48.2 Å². The third kappa shape index (κ3) is 5.40. The number of aromatic amines is 2. The Morgan fingerprint density at radius 1 is 0.735 bits per heavy atom. The molecule has 0 unspecified atom stereocenters. The van der Waals surface area contributed by atoms with Gasteiger partial charge in [0.1, 0.15) is 0 Å². The molecule has 0 saturated heterocycles. The number of benzene rings is 2. The SMILES string of the molecule is Cc1[nH]c2ccccc2c1C=NNC(=O)CCCCC(=O)NN=Cc1c(C)[nH]c2ccccc12. The molecule has 8 heteroatoms. The highest BCUT2D eigenvalue weighted by molar-refractivity contribution is 6.01. The van der Waals surface area contributed by atoms with Crippen LogP contribution in [-0.2, 0) is 9.59 Å². The van der Waals surface area contributed by atoms with E-state index < -0.39 is 0 Å². The molecule has 0 bridgehead atoms. The van der Waals surface area contributed by atoms with Gasteiger partial charge < -0.3 is 9.97 Å². The van der Waals surface area contributed by atoms with Crippen LogP contribution in [0.3, 0.4) is 0 Å². The van der Waals surface area contributed by atoms with E-state index in [0.29, 0.717) is 25.7 Å². The highest BCUT2D eigenvalue weighted by Crippen LogP contribution is 2.20. The topological polar surface area (TPSA) is 114 Å². The van der Waals surface area contributed by atoms with Crippen molar-refractivity contribution in [1.82, 2.24) is 20.8 Å². The number of hydrogen-bond acceptors (Lipinski definition) is 4. The van der Waals surface area contributed by atoms with E-state index in [9.17, 15) is 9.59 Å². The van der Waals surface area contributed by atoms with Crippen LogP contribution >= 0.6 is 0 Å². The lowest BCUT2D eigenvalue weighted by molar-refractivity contribution is -0.123. The minimum absolute atomic E-state index is 0.179. The van der Waals surface area contributed by atoms with Gasteiger partial charge in [-0.3, -0.25) is 9.59 Å². The highest BCUT2D eigenvalue weighted by Gasteiger charge is 2.07. The molecule has 4 N–H and O–H groups in total. The number of H-pyrrole nitrogens is 2. The molecule has 2 aromatic carbocycles. The van der Waals surface area contributed by atoms with Crippen LogP contribution in [0.5, 0.6) is 0 Å². The second kappa shape index (κ2) is 10.6. The molecule has 8 nitrogen and oxygen atoms in total. The van der Waals surface area contributed by atoms with Gasteiger partial charge in [0, 0.05) is 57.2 Å². The smallest absolute Gasteiger partial charge is 0.240 e. The minimum Gasteiger partial charge on any atom is -0.358 e. The fraction of sp³-hybridized carbons (Fsp3) is 0.231. The Balaban J connectivity index is 1.17. The first-order chi connectivity index (χ1) is 16.5. The number of para-hydroxylation sites is 2. The Bertz CT molecular complexity index is 1270. The van der Waals surface area contributed by atoms with Gasteiger partial charge in [0.2, 0.25) is 11.8 Å². The standard InChI is InChI=1S/C26H28N6O2/c1-17-21(19-9-3-5-11-23(19)29-17)15-27-31-25(33)13-7-8-14-26(34)32-28-16-22-18(2)30-24-12-6-4-10-20(22)24/h3-6,9-12,15-16,29-30H,7-8,13-14H2,1-2H3,(H,31,33)(H,32,34). The van der Waals surface area contributed by atoms with E-state index in [1.54, 1.807) is 12.4 Å². The van der Waals surface area contributed by atoms with Crippen molar-refractivity contribution in [3.8, 4) is 0 Å². The van der Waals surface area contributed by atoms with Crippen molar-refractivity contribution in [2.45, 2.75) is 39.5 Å². The lowest BCUT2D eigenvalue weighted by Gasteiger charge is -2.01. The molecule has 0 saturated carbocycles. The summed E-state index contributed by atoms with van der Waals surface area (Å²) >= 11 is 0. The number of rotatable bonds is 9. The Hall–Kier alpha value is -4.20. The maximum absolute atomic E-state index is 12.0. The predicted molar refractivity (Wildman–Crippen MR) is 136 cm³/mol. The minimum atomic E-state index is -0.179. The quantitative estimate of drug-likeness (QED) is 0.170. The van der Waals surface area contributed by atoms with Crippen LogP contribution in [0.25, 0.3) is 21.8 Å². The average Bonchev–Trinajstić information content (AvgIpc) is 3.32. The molecule has 2 heterocycles. The number of unbranched alkanes of at least 4 members (excludes halogenated alkanes) is 1. The molecule has 0 aliphatic heterocycles. The van der Waals surface area contributed by atoms with Crippen LogP contribution in [0.2, 0.25) is 0 Å². The molecule has 0 aliphatic rings. The normalized spacial score (nSPS) is 11.7. The number of nitrogens with one attached hydrogen (secondary N) is 4. The van der Waals surface area contributed by atoms with Crippen LogP contribution in [0.4, 0.5) is 0 Å². The monoisotopic (exact) mass is 456 g/mol. The third-order valence-corrected chi connectivity index (χ3v) is 5.71. The number of aryl methyl sites for hydroxylation is 2. The summed E-state index contributed by atoms with van der Waals surface area (Å²) in [5, 5.41) is 10.3. The van der Waals surface area contributed by atoms with E-state index in [4.69, 9.17) is 0 Å². The molecule has 2 aromatic heterocycles. The summed E-state index contributed by atoms with van der Waals surface area (Å²) < 4.78 is 0. The number of hydrazone groups is 2. The fourth-order valence-electron chi connectivity index (χ4n) is 3.95. The van der Waals surface area contributed by atoms with E-state index >= 15 is 0 Å². The first-order valence-electron chi connectivity index (χ1n) is 11.3. The summed E-state index contributed by atoms with van der Waals surface area (Å²) in [5.41, 5.74) is 11.1. The number of nitrogens with zero attached hydrogens (tertiary/aromatic N) is 2. The molecule has 0 fully saturated rings. The zero-order chi connectivity index (χ0) is 23.9.